The molecule has 1 aromatic heterocycles. The molecule has 0 spiro atoms. The summed E-state index contributed by atoms with van der Waals surface area (Å²) in [6, 6.07) is 26.7. The number of allylic oxidation sites excluding steroid dienone is 2. The molecule has 0 radical (unpaired) electrons. The molecule has 2 amide bonds. The lowest BCUT2D eigenvalue weighted by Gasteiger charge is -2.34. The van der Waals surface area contributed by atoms with Crippen LogP contribution in [0.4, 0.5) is 5.69 Å². The number of H-pyrrole nitrogens is 1. The number of aromatic amines is 1. The molecule has 7 rings (SSSR count). The van der Waals surface area contributed by atoms with Crippen LogP contribution in [-0.2, 0) is 34.0 Å². The normalized spacial score (nSPS) is 19.1. The predicted molar refractivity (Wildman–Crippen MR) is 311 cm³/mol. The van der Waals surface area contributed by atoms with Gasteiger partial charge < -0.3 is 61.0 Å². The van der Waals surface area contributed by atoms with Gasteiger partial charge in [0.05, 0.1) is 42.2 Å². The Morgan fingerprint density at radius 2 is 1.38 bits per heavy atom. The fourth-order valence-electron chi connectivity index (χ4n) is 9.94. The number of aliphatic hydroxyl groups excluding tert-OH is 1. The van der Waals surface area contributed by atoms with Crippen LogP contribution in [0.1, 0.15) is 147 Å². The van der Waals surface area contributed by atoms with Crippen molar-refractivity contribution in [3.63, 3.8) is 0 Å². The third-order valence-electron chi connectivity index (χ3n) is 14.0. The number of carbonyl (C=O) groups excluding carboxylic acids is 3. The molecule has 1 saturated carbocycles. The van der Waals surface area contributed by atoms with Crippen molar-refractivity contribution < 1.29 is 33.7 Å². The molecule has 2 saturated heterocycles. The van der Waals surface area contributed by atoms with E-state index < -0.39 is 6.10 Å². The van der Waals surface area contributed by atoms with Crippen LogP contribution in [0.2, 0.25) is 0 Å². The predicted octanol–water partition coefficient (Wildman–Crippen LogP) is 10.0. The van der Waals surface area contributed by atoms with E-state index in [1.807, 2.05) is 47.8 Å². The van der Waals surface area contributed by atoms with Crippen molar-refractivity contribution in [3.8, 4) is 11.3 Å². The number of carbonyl (C=O) groups is 3. The second-order valence-electron chi connectivity index (χ2n) is 21.2. The number of benzene rings is 3. The lowest BCUT2D eigenvalue weighted by molar-refractivity contribution is -0.143. The van der Waals surface area contributed by atoms with Crippen LogP contribution >= 0.6 is 0 Å². The molecule has 15 nitrogen and oxygen atoms in total. The molecule has 6 atom stereocenters. The largest absolute Gasteiger partial charge is 0.388 e. The highest BCUT2D eigenvalue weighted by molar-refractivity contribution is 5.81. The van der Waals surface area contributed by atoms with Crippen LogP contribution < -0.4 is 27.0 Å². The Morgan fingerprint density at radius 3 is 1.86 bits per heavy atom. The molecule has 0 bridgehead atoms. The van der Waals surface area contributed by atoms with Gasteiger partial charge in [-0.05, 0) is 115 Å². The van der Waals surface area contributed by atoms with Crippen LogP contribution in [0.3, 0.4) is 0 Å². The van der Waals surface area contributed by atoms with Crippen LogP contribution in [-0.4, -0.2) is 113 Å². The molecule has 2 aliphatic heterocycles. The van der Waals surface area contributed by atoms with Crippen molar-refractivity contribution in [3.05, 3.63) is 126 Å². The fraction of sp³-hybridized carbons (Fsp3) is 0.541. The van der Waals surface area contributed by atoms with Gasteiger partial charge in [-0.25, -0.2) is 4.98 Å². The molecular weight excluding hydrogens is 957 g/mol. The van der Waals surface area contributed by atoms with E-state index in [4.69, 9.17) is 20.2 Å². The Labute approximate surface area is 456 Å². The fourth-order valence-corrected chi connectivity index (χ4v) is 9.94. The van der Waals surface area contributed by atoms with Crippen molar-refractivity contribution in [2.75, 3.05) is 61.1 Å². The number of likely N-dealkylation sites (N-methyl/N-ethyl adjacent to an activating group) is 1. The van der Waals surface area contributed by atoms with E-state index in [2.05, 4.69) is 149 Å². The van der Waals surface area contributed by atoms with Gasteiger partial charge in [0.2, 0.25) is 5.91 Å². The maximum Gasteiger partial charge on any atom is 0.252 e. The van der Waals surface area contributed by atoms with E-state index in [9.17, 15) is 14.7 Å². The Balaban J connectivity index is 0.000000903. The average Bonchev–Trinajstić information content (AvgIpc) is 4.27. The SMILES string of the molecule is C=C(N/C=C(\C)c1ccc([C@@H]2CC(OC)C(c3ccc(-c4cnc(C5CCCN5C(=O)[C@@H](O)C(C)C)[nH]4)cc3)N2c2ccc(C(C)(C)C)cc2)cc1)C1CCCC1.C=O.CN.CNC(C(N)=O)C(C)C.COC.COC. The van der Waals surface area contributed by atoms with Gasteiger partial charge in [-0.2, -0.15) is 0 Å². The number of hydrogen-bond acceptors (Lipinski definition) is 12. The van der Waals surface area contributed by atoms with Gasteiger partial charge in [-0.15, -0.1) is 0 Å². The van der Waals surface area contributed by atoms with E-state index >= 15 is 0 Å². The molecule has 3 heterocycles. The number of amides is 2. The zero-order valence-corrected chi connectivity index (χ0v) is 48.7. The number of ether oxygens (including phenoxy) is 3. The van der Waals surface area contributed by atoms with Gasteiger partial charge in [0.15, 0.2) is 0 Å². The Morgan fingerprint density at radius 1 is 0.829 bits per heavy atom. The lowest BCUT2D eigenvalue weighted by Crippen LogP contribution is -2.42. The van der Waals surface area contributed by atoms with Crippen molar-refractivity contribution in [2.24, 2.45) is 29.2 Å². The Hall–Kier alpha value is -5.68. The van der Waals surface area contributed by atoms with Crippen molar-refractivity contribution in [1.29, 1.82) is 0 Å². The number of rotatable bonds is 15. The molecule has 76 heavy (non-hydrogen) atoms. The third-order valence-corrected chi connectivity index (χ3v) is 14.0. The molecule has 3 fully saturated rings. The first-order chi connectivity index (χ1) is 36.3. The number of nitrogens with zero attached hydrogens (tertiary/aromatic N) is 3. The smallest absolute Gasteiger partial charge is 0.252 e. The first-order valence-electron chi connectivity index (χ1n) is 26.7. The number of methoxy groups -OCH3 is 3. The van der Waals surface area contributed by atoms with E-state index in [0.29, 0.717) is 12.5 Å². The monoisotopic (exact) mass is 1050 g/mol. The molecule has 4 aromatic rings. The summed E-state index contributed by atoms with van der Waals surface area (Å²) < 4.78 is 14.8. The summed E-state index contributed by atoms with van der Waals surface area (Å²) in [5, 5.41) is 16.9. The summed E-state index contributed by atoms with van der Waals surface area (Å²) in [6.07, 6.45) is 10.6. The molecule has 1 aliphatic carbocycles. The summed E-state index contributed by atoms with van der Waals surface area (Å²) in [7, 11) is 11.6. The minimum atomic E-state index is -1.00. The van der Waals surface area contributed by atoms with Gasteiger partial charge in [0, 0.05) is 66.1 Å². The quantitative estimate of drug-likeness (QED) is 0.0657. The maximum atomic E-state index is 13.1. The molecular formula is C61H96N8O7. The second kappa shape index (κ2) is 33.5. The Kier molecular flexibility index (Phi) is 29.3. The highest BCUT2D eigenvalue weighted by Gasteiger charge is 2.43. The van der Waals surface area contributed by atoms with E-state index in [1.165, 1.54) is 66.2 Å². The van der Waals surface area contributed by atoms with Gasteiger partial charge >= 0.3 is 0 Å². The highest BCUT2D eigenvalue weighted by atomic mass is 16.5. The summed E-state index contributed by atoms with van der Waals surface area (Å²) >= 11 is 0. The van der Waals surface area contributed by atoms with Crippen LogP contribution in [0.15, 0.2) is 97.5 Å². The first kappa shape index (κ1) is 66.4. The number of hydrogen-bond donors (Lipinski definition) is 6. The van der Waals surface area contributed by atoms with Crippen LogP contribution in [0, 0.1) is 17.8 Å². The number of nitrogens with two attached hydrogens (primary N) is 2. The van der Waals surface area contributed by atoms with Crippen LogP contribution in [0.5, 0.6) is 0 Å². The Bertz CT molecular complexity index is 2320. The number of aromatic nitrogens is 2. The summed E-state index contributed by atoms with van der Waals surface area (Å²) in [5.41, 5.74) is 20.0. The maximum absolute atomic E-state index is 13.1. The lowest BCUT2D eigenvalue weighted by atomic mass is 9.87. The zero-order chi connectivity index (χ0) is 57.3. The average molecular weight is 1050 g/mol. The zero-order valence-electron chi connectivity index (χ0n) is 48.7. The van der Waals surface area contributed by atoms with Gasteiger partial charge in [-0.1, -0.05) is 129 Å². The van der Waals surface area contributed by atoms with Crippen molar-refractivity contribution in [1.82, 2.24) is 25.5 Å². The number of likely N-dealkylation sites (tertiary alicyclic amines) is 1. The standard InChI is InChI=1S/C49H63N5O3.C6H14N2O.2C2H6O.CH5N.CH2O/c1-31(2)46(55)48(56)53-27-11-14-42(53)47-51-30-41(52-47)36-17-21-38(22-18-36)45-44(57-8)28-43(54(45)40-25-23-39(24-26-40)49(5,6)7)37-19-15-34(16-20-37)32(3)29-50-33(4)35-12-9-10-13-35;1-4(2)5(8-3)6(7)9;2*1-3-2;2*1-2/h15-26,29-31,35,42-46,50,55H,4,9-14,27-28H2,1-3,5-8H3,(H,51,52);4-5,8H,1-3H3,(H2,7,9);2*1-2H3;2H2,1H3;1H2/b32-29+;;;;;/t42?,43-,44?,45?,46-;;;;;/m0...../s1. The van der Waals surface area contributed by atoms with E-state index in [-0.39, 0.29) is 59.3 Å². The van der Waals surface area contributed by atoms with E-state index in [0.717, 1.165) is 42.0 Å². The number of primary amides is 1. The van der Waals surface area contributed by atoms with Gasteiger partial charge in [0.25, 0.3) is 5.91 Å². The molecule has 15 heteroatoms. The number of nitrogens with one attached hydrogen (secondary N) is 3. The summed E-state index contributed by atoms with van der Waals surface area (Å²) in [6.45, 7) is 23.5. The van der Waals surface area contributed by atoms with Crippen LogP contribution in [0.25, 0.3) is 16.8 Å². The molecule has 4 unspecified atom stereocenters. The number of imidazole rings is 1. The molecule has 3 aromatic carbocycles. The minimum Gasteiger partial charge on any atom is -0.388 e. The van der Waals surface area contributed by atoms with Gasteiger partial charge in [-0.3, -0.25) is 9.59 Å². The topological polar surface area (TPSA) is 210 Å². The van der Waals surface area contributed by atoms with Gasteiger partial charge in [0.1, 0.15) is 18.7 Å². The second-order valence-corrected chi connectivity index (χ2v) is 21.2. The third kappa shape index (κ3) is 18.5. The summed E-state index contributed by atoms with van der Waals surface area (Å²) in [4.78, 5) is 44.2. The number of anilines is 1. The number of aliphatic hydroxyl groups is 1. The molecule has 8 N–H and O–H groups in total. The molecule has 3 aliphatic rings. The summed E-state index contributed by atoms with van der Waals surface area (Å²) in [5.74, 6) is 0.978. The van der Waals surface area contributed by atoms with Crippen molar-refractivity contribution in [2.45, 2.75) is 142 Å². The highest BCUT2D eigenvalue weighted by Crippen LogP contribution is 2.49. The minimum absolute atomic E-state index is 0.00980. The van der Waals surface area contributed by atoms with Crippen molar-refractivity contribution >= 4 is 29.9 Å². The first-order valence-corrected chi connectivity index (χ1v) is 26.7. The molecule has 422 valence electrons. The van der Waals surface area contributed by atoms with E-state index in [1.54, 1.807) is 40.4 Å².